The SMILES string of the molecule is CCCN(C)C(CN)c1ccc(Br)c(F)c1. The highest BCUT2D eigenvalue weighted by atomic mass is 79.9. The highest BCUT2D eigenvalue weighted by Crippen LogP contribution is 2.23. The predicted molar refractivity (Wildman–Crippen MR) is 68.8 cm³/mol. The van der Waals surface area contributed by atoms with E-state index in [1.54, 1.807) is 12.1 Å². The van der Waals surface area contributed by atoms with E-state index in [0.29, 0.717) is 11.0 Å². The standard InChI is InChI=1S/C12H18BrFN2/c1-3-6-16(2)12(8-15)9-4-5-10(13)11(14)7-9/h4-5,7,12H,3,6,8,15H2,1-2H3. The van der Waals surface area contributed by atoms with Crippen LogP contribution in [0.3, 0.4) is 0 Å². The van der Waals surface area contributed by atoms with E-state index < -0.39 is 0 Å². The Morgan fingerprint density at radius 1 is 1.50 bits per heavy atom. The Bertz CT molecular complexity index is 344. The van der Waals surface area contributed by atoms with Crippen molar-refractivity contribution in [2.24, 2.45) is 5.73 Å². The molecule has 0 heterocycles. The maximum atomic E-state index is 13.4. The predicted octanol–water partition coefficient (Wildman–Crippen LogP) is 2.93. The lowest BCUT2D eigenvalue weighted by molar-refractivity contribution is 0.250. The van der Waals surface area contributed by atoms with Gasteiger partial charge in [0, 0.05) is 12.6 Å². The maximum Gasteiger partial charge on any atom is 0.137 e. The molecule has 0 radical (unpaired) electrons. The molecule has 0 amide bonds. The largest absolute Gasteiger partial charge is 0.329 e. The molecular formula is C12H18BrFN2. The third-order valence-electron chi connectivity index (χ3n) is 2.66. The number of hydrogen-bond donors (Lipinski definition) is 1. The van der Waals surface area contributed by atoms with Gasteiger partial charge in [0.15, 0.2) is 0 Å². The molecule has 0 aromatic heterocycles. The Morgan fingerprint density at radius 3 is 2.69 bits per heavy atom. The van der Waals surface area contributed by atoms with Gasteiger partial charge in [-0.3, -0.25) is 4.90 Å². The minimum absolute atomic E-state index is 0.0857. The van der Waals surface area contributed by atoms with Crippen LogP contribution in [0.2, 0.25) is 0 Å². The Kier molecular flexibility index (Phi) is 5.38. The Morgan fingerprint density at radius 2 is 2.19 bits per heavy atom. The van der Waals surface area contributed by atoms with Gasteiger partial charge in [0.05, 0.1) is 4.47 Å². The topological polar surface area (TPSA) is 29.3 Å². The summed E-state index contributed by atoms with van der Waals surface area (Å²) in [4.78, 5) is 2.16. The molecule has 0 saturated carbocycles. The molecule has 0 aliphatic heterocycles. The molecule has 4 heteroatoms. The average molecular weight is 289 g/mol. The summed E-state index contributed by atoms with van der Waals surface area (Å²) in [5, 5.41) is 0. The summed E-state index contributed by atoms with van der Waals surface area (Å²) in [7, 11) is 2.01. The monoisotopic (exact) mass is 288 g/mol. The van der Waals surface area contributed by atoms with Gasteiger partial charge in [-0.1, -0.05) is 13.0 Å². The molecule has 0 aliphatic carbocycles. The lowest BCUT2D eigenvalue weighted by Crippen LogP contribution is -2.31. The molecule has 1 aromatic carbocycles. The summed E-state index contributed by atoms with van der Waals surface area (Å²) < 4.78 is 13.9. The van der Waals surface area contributed by atoms with E-state index in [2.05, 4.69) is 27.8 Å². The number of nitrogens with two attached hydrogens (primary N) is 1. The van der Waals surface area contributed by atoms with Crippen molar-refractivity contribution in [3.05, 3.63) is 34.1 Å². The third-order valence-corrected chi connectivity index (χ3v) is 3.30. The van der Waals surface area contributed by atoms with Crippen LogP contribution in [0, 0.1) is 5.82 Å². The maximum absolute atomic E-state index is 13.4. The summed E-state index contributed by atoms with van der Waals surface area (Å²) in [6.45, 7) is 3.57. The van der Waals surface area contributed by atoms with Crippen molar-refractivity contribution < 1.29 is 4.39 Å². The Balaban J connectivity index is 2.90. The highest BCUT2D eigenvalue weighted by Gasteiger charge is 2.15. The van der Waals surface area contributed by atoms with Gasteiger partial charge in [-0.2, -0.15) is 0 Å². The smallest absolute Gasteiger partial charge is 0.137 e. The second kappa shape index (κ2) is 6.33. The first kappa shape index (κ1) is 13.6. The van der Waals surface area contributed by atoms with Crippen LogP contribution >= 0.6 is 15.9 Å². The van der Waals surface area contributed by atoms with Gasteiger partial charge in [-0.05, 0) is 53.6 Å². The van der Waals surface area contributed by atoms with E-state index >= 15 is 0 Å². The Hall–Kier alpha value is -0.450. The first-order chi connectivity index (χ1) is 7.60. The van der Waals surface area contributed by atoms with Crippen LogP contribution in [0.1, 0.15) is 24.9 Å². The Labute approximate surface area is 105 Å². The quantitative estimate of drug-likeness (QED) is 0.903. The minimum Gasteiger partial charge on any atom is -0.329 e. The second-order valence-electron chi connectivity index (χ2n) is 3.91. The molecule has 0 bridgehead atoms. The van der Waals surface area contributed by atoms with E-state index in [4.69, 9.17) is 5.73 Å². The molecule has 0 fully saturated rings. The van der Waals surface area contributed by atoms with Crippen molar-refractivity contribution in [2.45, 2.75) is 19.4 Å². The molecule has 2 N–H and O–H groups in total. The van der Waals surface area contributed by atoms with Crippen molar-refractivity contribution in [1.29, 1.82) is 0 Å². The zero-order valence-corrected chi connectivity index (χ0v) is 11.3. The second-order valence-corrected chi connectivity index (χ2v) is 4.76. The van der Waals surface area contributed by atoms with Crippen LogP contribution in [0.5, 0.6) is 0 Å². The van der Waals surface area contributed by atoms with Gasteiger partial charge in [0.25, 0.3) is 0 Å². The van der Waals surface area contributed by atoms with E-state index in [-0.39, 0.29) is 11.9 Å². The van der Waals surface area contributed by atoms with Crippen molar-refractivity contribution in [3.63, 3.8) is 0 Å². The molecule has 0 aliphatic rings. The third kappa shape index (κ3) is 3.27. The van der Waals surface area contributed by atoms with E-state index in [1.807, 2.05) is 13.1 Å². The van der Waals surface area contributed by atoms with Gasteiger partial charge in [-0.25, -0.2) is 4.39 Å². The summed E-state index contributed by atoms with van der Waals surface area (Å²) in [5.74, 6) is -0.235. The fourth-order valence-electron chi connectivity index (χ4n) is 1.80. The number of nitrogens with zero attached hydrogens (tertiary/aromatic N) is 1. The first-order valence-electron chi connectivity index (χ1n) is 5.45. The first-order valence-corrected chi connectivity index (χ1v) is 6.24. The van der Waals surface area contributed by atoms with E-state index in [1.165, 1.54) is 0 Å². The van der Waals surface area contributed by atoms with Crippen LogP contribution < -0.4 is 5.73 Å². The van der Waals surface area contributed by atoms with E-state index in [9.17, 15) is 4.39 Å². The number of benzene rings is 1. The van der Waals surface area contributed by atoms with Crippen molar-refractivity contribution in [2.75, 3.05) is 20.1 Å². The minimum atomic E-state index is -0.235. The molecule has 90 valence electrons. The van der Waals surface area contributed by atoms with Gasteiger partial charge >= 0.3 is 0 Å². The molecular weight excluding hydrogens is 271 g/mol. The average Bonchev–Trinajstić information content (AvgIpc) is 2.25. The van der Waals surface area contributed by atoms with Gasteiger partial charge < -0.3 is 5.73 Å². The molecule has 1 rings (SSSR count). The summed E-state index contributed by atoms with van der Waals surface area (Å²) in [6.07, 6.45) is 1.06. The zero-order valence-electron chi connectivity index (χ0n) is 9.71. The molecule has 1 atom stereocenters. The fourth-order valence-corrected chi connectivity index (χ4v) is 2.05. The van der Waals surface area contributed by atoms with Crippen LogP contribution in [0.15, 0.2) is 22.7 Å². The van der Waals surface area contributed by atoms with Crippen molar-refractivity contribution >= 4 is 15.9 Å². The normalized spacial score (nSPS) is 13.1. The number of hydrogen-bond acceptors (Lipinski definition) is 2. The zero-order chi connectivity index (χ0) is 12.1. The summed E-state index contributed by atoms with van der Waals surface area (Å²) in [5.41, 5.74) is 6.68. The molecule has 1 unspecified atom stereocenters. The van der Waals surface area contributed by atoms with Gasteiger partial charge in [0.2, 0.25) is 0 Å². The molecule has 0 spiro atoms. The number of halogens is 2. The van der Waals surface area contributed by atoms with Crippen molar-refractivity contribution in [1.82, 2.24) is 4.90 Å². The van der Waals surface area contributed by atoms with Gasteiger partial charge in [-0.15, -0.1) is 0 Å². The van der Waals surface area contributed by atoms with E-state index in [0.717, 1.165) is 18.5 Å². The molecule has 16 heavy (non-hydrogen) atoms. The van der Waals surface area contributed by atoms with Gasteiger partial charge in [0.1, 0.15) is 5.82 Å². The lowest BCUT2D eigenvalue weighted by atomic mass is 10.1. The van der Waals surface area contributed by atoms with Crippen LogP contribution in [0.4, 0.5) is 4.39 Å². The van der Waals surface area contributed by atoms with Crippen LogP contribution in [-0.2, 0) is 0 Å². The summed E-state index contributed by atoms with van der Waals surface area (Å²) >= 11 is 3.15. The fraction of sp³-hybridized carbons (Fsp3) is 0.500. The number of likely N-dealkylation sites (N-methyl/N-ethyl adjacent to an activating group) is 1. The van der Waals surface area contributed by atoms with Crippen LogP contribution in [0.25, 0.3) is 0 Å². The van der Waals surface area contributed by atoms with Crippen LogP contribution in [-0.4, -0.2) is 25.0 Å². The number of rotatable bonds is 5. The van der Waals surface area contributed by atoms with Crippen molar-refractivity contribution in [3.8, 4) is 0 Å². The lowest BCUT2D eigenvalue weighted by Gasteiger charge is -2.27. The highest BCUT2D eigenvalue weighted by molar-refractivity contribution is 9.10. The molecule has 1 aromatic rings. The molecule has 2 nitrogen and oxygen atoms in total. The molecule has 0 saturated heterocycles. The summed E-state index contributed by atoms with van der Waals surface area (Å²) in [6, 6.07) is 5.28.